The first kappa shape index (κ1) is 12.8. The first-order valence-corrected chi connectivity index (χ1v) is 6.63. The highest BCUT2D eigenvalue weighted by molar-refractivity contribution is 6.21. The first-order chi connectivity index (χ1) is 8.66. The summed E-state index contributed by atoms with van der Waals surface area (Å²) in [7, 11) is 0. The number of benzene rings is 1. The van der Waals surface area contributed by atoms with E-state index in [0.29, 0.717) is 11.1 Å². The average Bonchev–Trinajstić information content (AvgIpc) is 2.63. The molecule has 0 fully saturated rings. The SMILES string of the molecule is CCCCCC(C)N1C(=O)c2ccccc2C1=O. The zero-order valence-corrected chi connectivity index (χ0v) is 11.0. The molecule has 1 aromatic rings. The molecule has 2 amide bonds. The van der Waals surface area contributed by atoms with Crippen molar-refractivity contribution in [2.24, 2.45) is 0 Å². The predicted octanol–water partition coefficient (Wildman–Crippen LogP) is 3.25. The van der Waals surface area contributed by atoms with Crippen LogP contribution in [0.25, 0.3) is 0 Å². The van der Waals surface area contributed by atoms with E-state index >= 15 is 0 Å². The van der Waals surface area contributed by atoms with Crippen molar-refractivity contribution in [2.75, 3.05) is 0 Å². The van der Waals surface area contributed by atoms with Crippen LogP contribution in [0.4, 0.5) is 0 Å². The van der Waals surface area contributed by atoms with Crippen molar-refractivity contribution >= 4 is 11.8 Å². The van der Waals surface area contributed by atoms with Crippen LogP contribution < -0.4 is 0 Å². The van der Waals surface area contributed by atoms with Gasteiger partial charge in [-0.2, -0.15) is 0 Å². The third kappa shape index (κ3) is 2.17. The van der Waals surface area contributed by atoms with Gasteiger partial charge in [-0.25, -0.2) is 0 Å². The average molecular weight is 245 g/mol. The zero-order chi connectivity index (χ0) is 13.1. The van der Waals surface area contributed by atoms with E-state index in [9.17, 15) is 9.59 Å². The fourth-order valence-corrected chi connectivity index (χ4v) is 2.43. The van der Waals surface area contributed by atoms with E-state index in [4.69, 9.17) is 0 Å². The molecular weight excluding hydrogens is 226 g/mol. The summed E-state index contributed by atoms with van der Waals surface area (Å²) in [4.78, 5) is 25.8. The lowest BCUT2D eigenvalue weighted by atomic mass is 10.1. The van der Waals surface area contributed by atoms with Crippen LogP contribution in [0.2, 0.25) is 0 Å². The van der Waals surface area contributed by atoms with Crippen LogP contribution in [0.3, 0.4) is 0 Å². The largest absolute Gasteiger partial charge is 0.272 e. The van der Waals surface area contributed by atoms with E-state index in [2.05, 4.69) is 6.92 Å². The van der Waals surface area contributed by atoms with Crippen molar-refractivity contribution < 1.29 is 9.59 Å². The fraction of sp³-hybridized carbons (Fsp3) is 0.467. The summed E-state index contributed by atoms with van der Waals surface area (Å²) in [5.74, 6) is -0.279. The molecule has 1 aliphatic heterocycles. The lowest BCUT2D eigenvalue weighted by Crippen LogP contribution is -2.37. The molecule has 0 radical (unpaired) electrons. The van der Waals surface area contributed by atoms with Crippen LogP contribution in [-0.2, 0) is 0 Å². The second-order valence-corrected chi connectivity index (χ2v) is 4.87. The molecule has 18 heavy (non-hydrogen) atoms. The van der Waals surface area contributed by atoms with Crippen LogP contribution in [-0.4, -0.2) is 22.8 Å². The van der Waals surface area contributed by atoms with Gasteiger partial charge in [-0.3, -0.25) is 14.5 Å². The van der Waals surface area contributed by atoms with Gasteiger partial charge in [0, 0.05) is 6.04 Å². The standard InChI is InChI=1S/C15H19NO2/c1-3-4-5-8-11(2)16-14(17)12-9-6-7-10-13(12)15(16)18/h6-7,9-11H,3-5,8H2,1-2H3. The lowest BCUT2D eigenvalue weighted by Gasteiger charge is -2.22. The molecule has 0 bridgehead atoms. The maximum absolute atomic E-state index is 12.2. The van der Waals surface area contributed by atoms with Gasteiger partial charge in [-0.15, -0.1) is 0 Å². The van der Waals surface area contributed by atoms with E-state index in [0.717, 1.165) is 25.7 Å². The van der Waals surface area contributed by atoms with Gasteiger partial charge in [-0.1, -0.05) is 38.3 Å². The molecule has 3 nitrogen and oxygen atoms in total. The summed E-state index contributed by atoms with van der Waals surface area (Å²) >= 11 is 0. The number of amides is 2. The Bertz CT molecular complexity index is 432. The van der Waals surface area contributed by atoms with Gasteiger partial charge in [-0.05, 0) is 25.5 Å². The topological polar surface area (TPSA) is 37.4 Å². The van der Waals surface area contributed by atoms with Gasteiger partial charge in [0.15, 0.2) is 0 Å². The minimum atomic E-state index is -0.139. The number of hydrogen-bond acceptors (Lipinski definition) is 2. The van der Waals surface area contributed by atoms with Crippen LogP contribution in [0.1, 0.15) is 60.2 Å². The Kier molecular flexibility index (Phi) is 3.80. The fourth-order valence-electron chi connectivity index (χ4n) is 2.43. The number of hydrogen-bond donors (Lipinski definition) is 0. The van der Waals surface area contributed by atoms with E-state index in [1.165, 1.54) is 4.90 Å². The molecule has 1 aromatic carbocycles. The number of rotatable bonds is 5. The Labute approximate surface area is 108 Å². The molecule has 1 aliphatic rings. The zero-order valence-electron chi connectivity index (χ0n) is 11.0. The lowest BCUT2D eigenvalue weighted by molar-refractivity contribution is 0.0588. The molecule has 1 heterocycles. The van der Waals surface area contributed by atoms with Gasteiger partial charge in [0.05, 0.1) is 11.1 Å². The summed E-state index contributed by atoms with van der Waals surface area (Å²) in [5, 5.41) is 0. The quantitative estimate of drug-likeness (QED) is 0.590. The molecule has 0 N–H and O–H groups in total. The summed E-state index contributed by atoms with van der Waals surface area (Å²) in [6.45, 7) is 4.10. The normalized spacial score (nSPS) is 16.0. The molecule has 1 atom stereocenters. The highest BCUT2D eigenvalue weighted by Gasteiger charge is 2.37. The van der Waals surface area contributed by atoms with E-state index in [-0.39, 0.29) is 17.9 Å². The maximum atomic E-state index is 12.2. The van der Waals surface area contributed by atoms with E-state index < -0.39 is 0 Å². The molecule has 96 valence electrons. The number of nitrogens with zero attached hydrogens (tertiary/aromatic N) is 1. The van der Waals surface area contributed by atoms with Gasteiger partial charge >= 0.3 is 0 Å². The van der Waals surface area contributed by atoms with Crippen LogP contribution in [0.5, 0.6) is 0 Å². The van der Waals surface area contributed by atoms with Gasteiger partial charge in [0.2, 0.25) is 0 Å². The van der Waals surface area contributed by atoms with Gasteiger partial charge in [0.25, 0.3) is 11.8 Å². The Hall–Kier alpha value is -1.64. The van der Waals surface area contributed by atoms with Crippen molar-refractivity contribution in [3.05, 3.63) is 35.4 Å². The summed E-state index contributed by atoms with van der Waals surface area (Å²) in [5.41, 5.74) is 1.09. The van der Waals surface area contributed by atoms with Gasteiger partial charge < -0.3 is 0 Å². The Balaban J connectivity index is 2.13. The molecule has 0 saturated carbocycles. The van der Waals surface area contributed by atoms with Crippen molar-refractivity contribution in [2.45, 2.75) is 45.6 Å². The number of carbonyl (C=O) groups excluding carboxylic acids is 2. The molecule has 0 spiro atoms. The number of fused-ring (bicyclic) bond motifs is 1. The maximum Gasteiger partial charge on any atom is 0.261 e. The van der Waals surface area contributed by atoms with Crippen molar-refractivity contribution in [3.8, 4) is 0 Å². The Morgan fingerprint density at radius 2 is 1.61 bits per heavy atom. The highest BCUT2D eigenvalue weighted by Crippen LogP contribution is 2.25. The van der Waals surface area contributed by atoms with Crippen LogP contribution in [0.15, 0.2) is 24.3 Å². The summed E-state index contributed by atoms with van der Waals surface area (Å²) < 4.78 is 0. The summed E-state index contributed by atoms with van der Waals surface area (Å²) in [6, 6.07) is 7.05. The van der Waals surface area contributed by atoms with Crippen LogP contribution >= 0.6 is 0 Å². The van der Waals surface area contributed by atoms with E-state index in [1.807, 2.05) is 6.92 Å². The van der Waals surface area contributed by atoms with Crippen molar-refractivity contribution in [1.29, 1.82) is 0 Å². The molecule has 1 unspecified atom stereocenters. The molecule has 0 aliphatic carbocycles. The summed E-state index contributed by atoms with van der Waals surface area (Å²) in [6.07, 6.45) is 4.24. The third-order valence-electron chi connectivity index (χ3n) is 3.49. The van der Waals surface area contributed by atoms with Crippen molar-refractivity contribution in [1.82, 2.24) is 4.90 Å². The monoisotopic (exact) mass is 245 g/mol. The Morgan fingerprint density at radius 3 is 2.11 bits per heavy atom. The first-order valence-electron chi connectivity index (χ1n) is 6.63. The van der Waals surface area contributed by atoms with Crippen molar-refractivity contribution in [3.63, 3.8) is 0 Å². The minimum absolute atomic E-state index is 0.0102. The van der Waals surface area contributed by atoms with Crippen LogP contribution in [0, 0.1) is 0 Å². The molecular formula is C15H19NO2. The molecule has 0 saturated heterocycles. The van der Waals surface area contributed by atoms with E-state index in [1.54, 1.807) is 24.3 Å². The molecule has 3 heteroatoms. The predicted molar refractivity (Wildman–Crippen MR) is 70.5 cm³/mol. The molecule has 2 rings (SSSR count). The smallest absolute Gasteiger partial charge is 0.261 e. The molecule has 0 aromatic heterocycles. The van der Waals surface area contributed by atoms with Gasteiger partial charge in [0.1, 0.15) is 0 Å². The highest BCUT2D eigenvalue weighted by atomic mass is 16.2. The minimum Gasteiger partial charge on any atom is -0.272 e. The third-order valence-corrected chi connectivity index (χ3v) is 3.49. The number of unbranched alkanes of at least 4 members (excludes halogenated alkanes) is 2. The second-order valence-electron chi connectivity index (χ2n) is 4.87. The number of carbonyl (C=O) groups is 2. The second kappa shape index (κ2) is 5.34. The number of imide groups is 1. The Morgan fingerprint density at radius 1 is 1.06 bits per heavy atom.